The van der Waals surface area contributed by atoms with Gasteiger partial charge in [-0.15, -0.1) is 0 Å². The normalized spacial score (nSPS) is 30.8. The summed E-state index contributed by atoms with van der Waals surface area (Å²) in [6.07, 6.45) is 3.72. The van der Waals surface area contributed by atoms with Crippen molar-refractivity contribution in [2.24, 2.45) is 11.1 Å². The van der Waals surface area contributed by atoms with Gasteiger partial charge >= 0.3 is 0 Å². The lowest BCUT2D eigenvalue weighted by Gasteiger charge is -2.57. The summed E-state index contributed by atoms with van der Waals surface area (Å²) >= 11 is 0. The molecule has 2 rings (SSSR count). The molecule has 2 unspecified atom stereocenters. The molecule has 1 aliphatic heterocycles. The fourth-order valence-electron chi connectivity index (χ4n) is 3.87. The quantitative estimate of drug-likeness (QED) is 0.647. The minimum atomic E-state index is -0.817. The third-order valence-electron chi connectivity index (χ3n) is 5.98. The molecule has 1 saturated heterocycles. The second kappa shape index (κ2) is 8.13. The van der Waals surface area contributed by atoms with Gasteiger partial charge in [-0.3, -0.25) is 4.79 Å². The Balaban J connectivity index is 1.78. The van der Waals surface area contributed by atoms with E-state index in [1.807, 2.05) is 20.8 Å². The Morgan fingerprint density at radius 2 is 2.00 bits per heavy atom. The fourth-order valence-corrected chi connectivity index (χ4v) is 3.87. The van der Waals surface area contributed by atoms with Crippen LogP contribution in [0.4, 0.5) is 0 Å². The molecule has 24 heavy (non-hydrogen) atoms. The van der Waals surface area contributed by atoms with Crippen molar-refractivity contribution < 1.29 is 14.3 Å². The monoisotopic (exact) mass is 341 g/mol. The number of nitrogens with one attached hydrogen (secondary N) is 1. The van der Waals surface area contributed by atoms with Gasteiger partial charge in [-0.05, 0) is 26.2 Å². The molecule has 3 N–H and O–H groups in total. The second-order valence-corrected chi connectivity index (χ2v) is 7.78. The molecule has 140 valence electrons. The predicted octanol–water partition coefficient (Wildman–Crippen LogP) is 1.14. The summed E-state index contributed by atoms with van der Waals surface area (Å²) in [6, 6.07) is 0.235. The van der Waals surface area contributed by atoms with Crippen LogP contribution in [0.5, 0.6) is 0 Å². The van der Waals surface area contributed by atoms with E-state index in [-0.39, 0.29) is 23.5 Å². The fraction of sp³-hybridized carbons (Fsp3) is 0.944. The number of methoxy groups -OCH3 is 1. The van der Waals surface area contributed by atoms with Crippen LogP contribution in [0.3, 0.4) is 0 Å². The van der Waals surface area contributed by atoms with Crippen molar-refractivity contribution in [1.82, 2.24) is 10.2 Å². The lowest BCUT2D eigenvalue weighted by atomic mass is 9.54. The van der Waals surface area contributed by atoms with Gasteiger partial charge in [0.1, 0.15) is 5.54 Å². The number of piperidine rings is 1. The smallest absolute Gasteiger partial charge is 0.241 e. The van der Waals surface area contributed by atoms with E-state index >= 15 is 0 Å². The minimum absolute atomic E-state index is 0.0127. The summed E-state index contributed by atoms with van der Waals surface area (Å²) in [5, 5.41) is 3.20. The molecule has 0 radical (unpaired) electrons. The van der Waals surface area contributed by atoms with E-state index in [0.29, 0.717) is 13.0 Å². The van der Waals surface area contributed by atoms with E-state index in [4.69, 9.17) is 15.2 Å². The lowest BCUT2D eigenvalue weighted by molar-refractivity contribution is -0.171. The van der Waals surface area contributed by atoms with Gasteiger partial charge in [-0.1, -0.05) is 13.8 Å². The second-order valence-electron chi connectivity index (χ2n) is 7.78. The van der Waals surface area contributed by atoms with Crippen LogP contribution in [0.25, 0.3) is 0 Å². The molecule has 0 aromatic heterocycles. The third-order valence-corrected chi connectivity index (χ3v) is 5.98. The topological polar surface area (TPSA) is 76.8 Å². The Labute approximate surface area is 146 Å². The first kappa shape index (κ1) is 19.6. The molecule has 6 heteroatoms. The minimum Gasteiger partial charge on any atom is -0.385 e. The Bertz CT molecular complexity index is 422. The van der Waals surface area contributed by atoms with Crippen molar-refractivity contribution >= 4 is 5.91 Å². The van der Waals surface area contributed by atoms with Crippen molar-refractivity contribution in [3.63, 3.8) is 0 Å². The molecular weight excluding hydrogens is 306 g/mol. The summed E-state index contributed by atoms with van der Waals surface area (Å²) in [5.74, 6) is -0.0127. The van der Waals surface area contributed by atoms with E-state index in [1.54, 1.807) is 7.11 Å². The van der Waals surface area contributed by atoms with Crippen LogP contribution < -0.4 is 11.1 Å². The van der Waals surface area contributed by atoms with Crippen LogP contribution in [0.1, 0.15) is 46.5 Å². The number of ether oxygens (including phenoxy) is 2. The highest BCUT2D eigenvalue weighted by atomic mass is 16.5. The molecule has 6 nitrogen and oxygen atoms in total. The molecule has 0 aromatic rings. The molecule has 0 spiro atoms. The van der Waals surface area contributed by atoms with Crippen molar-refractivity contribution in [3.05, 3.63) is 0 Å². The first-order chi connectivity index (χ1) is 11.3. The van der Waals surface area contributed by atoms with Gasteiger partial charge in [0, 0.05) is 57.8 Å². The zero-order valence-electron chi connectivity index (χ0n) is 15.8. The average molecular weight is 341 g/mol. The summed E-state index contributed by atoms with van der Waals surface area (Å²) < 4.78 is 10.8. The van der Waals surface area contributed by atoms with E-state index in [2.05, 4.69) is 10.2 Å². The van der Waals surface area contributed by atoms with Gasteiger partial charge < -0.3 is 25.4 Å². The zero-order chi connectivity index (χ0) is 17.8. The number of hydrogen-bond donors (Lipinski definition) is 2. The van der Waals surface area contributed by atoms with E-state index < -0.39 is 5.54 Å². The van der Waals surface area contributed by atoms with E-state index in [1.165, 1.54) is 0 Å². The van der Waals surface area contributed by atoms with Crippen molar-refractivity contribution in [1.29, 1.82) is 0 Å². The lowest BCUT2D eigenvalue weighted by Crippen LogP contribution is -2.76. The summed E-state index contributed by atoms with van der Waals surface area (Å²) in [6.45, 7) is 10.6. The number of nitrogens with two attached hydrogens (primary N) is 1. The molecule has 2 aliphatic rings. The van der Waals surface area contributed by atoms with Gasteiger partial charge in [0.05, 0.1) is 6.10 Å². The van der Waals surface area contributed by atoms with E-state index in [0.717, 1.165) is 45.5 Å². The number of hydrogen-bond acceptors (Lipinski definition) is 5. The maximum Gasteiger partial charge on any atom is 0.241 e. The Kier molecular flexibility index (Phi) is 6.65. The number of rotatable bonds is 8. The number of carbonyl (C=O) groups excluding carboxylic acids is 1. The highest BCUT2D eigenvalue weighted by Crippen LogP contribution is 2.49. The molecule has 0 aromatic carbocycles. The largest absolute Gasteiger partial charge is 0.385 e. The van der Waals surface area contributed by atoms with Crippen LogP contribution in [0, 0.1) is 5.41 Å². The molecule has 1 aliphatic carbocycles. The third kappa shape index (κ3) is 3.93. The summed E-state index contributed by atoms with van der Waals surface area (Å²) in [5.41, 5.74) is 5.31. The number of likely N-dealkylation sites (tertiary alicyclic amines) is 1. The molecule has 1 saturated carbocycles. The van der Waals surface area contributed by atoms with Gasteiger partial charge in [0.15, 0.2) is 0 Å². The maximum atomic E-state index is 12.8. The summed E-state index contributed by atoms with van der Waals surface area (Å²) in [7, 11) is 1.74. The molecule has 1 amide bonds. The zero-order valence-corrected chi connectivity index (χ0v) is 15.8. The number of nitrogens with zero attached hydrogens (tertiary/aromatic N) is 1. The van der Waals surface area contributed by atoms with Gasteiger partial charge in [0.2, 0.25) is 5.91 Å². The molecule has 2 atom stereocenters. The van der Waals surface area contributed by atoms with Crippen LogP contribution in [0.2, 0.25) is 0 Å². The Hall–Kier alpha value is -0.690. The van der Waals surface area contributed by atoms with Gasteiger partial charge in [-0.25, -0.2) is 0 Å². The highest BCUT2D eigenvalue weighted by molar-refractivity contribution is 5.89. The average Bonchev–Trinajstić information content (AvgIpc) is 2.56. The van der Waals surface area contributed by atoms with Gasteiger partial charge in [0.25, 0.3) is 0 Å². The van der Waals surface area contributed by atoms with E-state index in [9.17, 15) is 4.79 Å². The Morgan fingerprint density at radius 1 is 1.33 bits per heavy atom. The van der Waals surface area contributed by atoms with Crippen LogP contribution in [0.15, 0.2) is 0 Å². The van der Waals surface area contributed by atoms with Crippen LogP contribution in [-0.4, -0.2) is 68.4 Å². The van der Waals surface area contributed by atoms with Crippen molar-refractivity contribution in [2.45, 2.75) is 64.1 Å². The van der Waals surface area contributed by atoms with Crippen LogP contribution >= 0.6 is 0 Å². The first-order valence-electron chi connectivity index (χ1n) is 9.28. The first-order valence-corrected chi connectivity index (χ1v) is 9.28. The highest BCUT2D eigenvalue weighted by Gasteiger charge is 2.63. The number of amides is 1. The maximum absolute atomic E-state index is 12.8. The molecule has 0 bridgehead atoms. The van der Waals surface area contributed by atoms with Gasteiger partial charge in [-0.2, -0.15) is 0 Å². The van der Waals surface area contributed by atoms with Crippen LogP contribution in [-0.2, 0) is 14.3 Å². The van der Waals surface area contributed by atoms with Crippen molar-refractivity contribution in [3.8, 4) is 0 Å². The Morgan fingerprint density at radius 3 is 2.54 bits per heavy atom. The molecule has 2 fully saturated rings. The summed E-state index contributed by atoms with van der Waals surface area (Å²) in [4.78, 5) is 15.2. The van der Waals surface area contributed by atoms with Crippen molar-refractivity contribution in [2.75, 3.05) is 40.0 Å². The molecule has 1 heterocycles. The number of carbonyl (C=O) groups is 1. The standard InChI is InChI=1S/C18H35N3O3/c1-5-24-15-13-18(19,17(15,2)3)16(22)20-14-7-10-21(11-8-14)9-6-12-23-4/h14-15H,5-13,19H2,1-4H3,(H,20,22). The predicted molar refractivity (Wildman–Crippen MR) is 94.8 cm³/mol. The molecular formula is C18H35N3O3. The SMILES string of the molecule is CCOC1CC(N)(C(=O)NC2CCN(CCCOC)CC2)C1(C)C.